The van der Waals surface area contributed by atoms with E-state index in [9.17, 15) is 0 Å². The first-order valence-corrected chi connectivity index (χ1v) is 10.2. The Morgan fingerprint density at radius 1 is 0.929 bits per heavy atom. The highest BCUT2D eigenvalue weighted by molar-refractivity contribution is 6.34. The molecule has 3 aromatic rings. The third-order valence-electron chi connectivity index (χ3n) is 4.72. The van der Waals surface area contributed by atoms with Crippen molar-refractivity contribution >= 4 is 34.6 Å². The number of para-hydroxylation sites is 4. The smallest absolute Gasteiger partial charge is 0.176 e. The lowest BCUT2D eigenvalue weighted by Crippen LogP contribution is -2.37. The fraction of sp³-hybridized carbons (Fsp3) is 0.217. The number of nitrogens with zero attached hydrogens (tertiary/aromatic N) is 1. The van der Waals surface area contributed by atoms with Crippen LogP contribution in [0.25, 0.3) is 0 Å². The molecule has 0 bridgehead atoms. The van der Waals surface area contributed by atoms with E-state index in [1.807, 2.05) is 48.5 Å². The molecule has 0 N–H and O–H groups in total. The summed E-state index contributed by atoms with van der Waals surface area (Å²) in [5.41, 5.74) is 1.95. The van der Waals surface area contributed by atoms with Gasteiger partial charge in [-0.2, -0.15) is 0 Å². The van der Waals surface area contributed by atoms with Crippen LogP contribution in [0.1, 0.15) is 26.2 Å². The molecule has 0 spiro atoms. The summed E-state index contributed by atoms with van der Waals surface area (Å²) in [6.07, 6.45) is 2.67. The van der Waals surface area contributed by atoms with Crippen molar-refractivity contribution in [3.8, 4) is 17.2 Å². The van der Waals surface area contributed by atoms with E-state index in [1.54, 1.807) is 18.2 Å². The average molecular weight is 414 g/mol. The molecule has 0 aromatic heterocycles. The van der Waals surface area contributed by atoms with E-state index >= 15 is 0 Å². The summed E-state index contributed by atoms with van der Waals surface area (Å²) in [6.45, 7) is 2.17. The number of fused-ring (bicyclic) bond motifs is 2. The van der Waals surface area contributed by atoms with Crippen molar-refractivity contribution in [2.24, 2.45) is 0 Å². The van der Waals surface area contributed by atoms with Crippen molar-refractivity contribution in [2.75, 3.05) is 4.90 Å². The molecule has 1 aliphatic heterocycles. The van der Waals surface area contributed by atoms with E-state index < -0.39 is 0 Å². The van der Waals surface area contributed by atoms with Gasteiger partial charge in [0.15, 0.2) is 17.7 Å². The fourth-order valence-corrected chi connectivity index (χ4v) is 3.70. The van der Waals surface area contributed by atoms with E-state index in [0.717, 1.165) is 42.1 Å². The maximum absolute atomic E-state index is 6.44. The molecule has 3 aromatic carbocycles. The highest BCUT2D eigenvalue weighted by Gasteiger charge is 2.31. The molecule has 5 heteroatoms. The molecule has 0 aliphatic carbocycles. The Hall–Kier alpha value is -2.36. The van der Waals surface area contributed by atoms with Crippen LogP contribution in [0.5, 0.6) is 17.2 Å². The number of rotatable bonds is 6. The van der Waals surface area contributed by atoms with Crippen LogP contribution in [0.15, 0.2) is 66.7 Å². The van der Waals surface area contributed by atoms with Gasteiger partial charge in [-0.1, -0.05) is 60.8 Å². The number of anilines is 2. The van der Waals surface area contributed by atoms with Gasteiger partial charge in [0.25, 0.3) is 0 Å². The van der Waals surface area contributed by atoms with Gasteiger partial charge in [0.05, 0.1) is 16.4 Å². The molecule has 1 heterocycles. The SMILES string of the molecule is CCCCC(Oc1cc(Cl)ccc1Cl)N1c2ccccc2Oc2ccccc21. The molecule has 0 amide bonds. The summed E-state index contributed by atoms with van der Waals surface area (Å²) in [6, 6.07) is 21.3. The van der Waals surface area contributed by atoms with Crippen molar-refractivity contribution in [3.63, 3.8) is 0 Å². The van der Waals surface area contributed by atoms with E-state index in [1.165, 1.54) is 0 Å². The molecule has 28 heavy (non-hydrogen) atoms. The van der Waals surface area contributed by atoms with Crippen LogP contribution >= 0.6 is 23.2 Å². The third kappa shape index (κ3) is 3.78. The lowest BCUT2D eigenvalue weighted by atomic mass is 10.1. The summed E-state index contributed by atoms with van der Waals surface area (Å²) < 4.78 is 12.5. The number of hydrogen-bond donors (Lipinski definition) is 0. The molecule has 0 saturated carbocycles. The first kappa shape index (κ1) is 19.0. The maximum Gasteiger partial charge on any atom is 0.176 e. The third-order valence-corrected chi connectivity index (χ3v) is 5.27. The normalized spacial score (nSPS) is 13.3. The molecule has 0 fully saturated rings. The number of benzene rings is 3. The zero-order chi connectivity index (χ0) is 19.5. The van der Waals surface area contributed by atoms with E-state index in [-0.39, 0.29) is 6.23 Å². The van der Waals surface area contributed by atoms with Crippen LogP contribution in [0.2, 0.25) is 10.0 Å². The second-order valence-electron chi connectivity index (χ2n) is 6.70. The zero-order valence-corrected chi connectivity index (χ0v) is 17.1. The summed E-state index contributed by atoms with van der Waals surface area (Å²) in [7, 11) is 0. The van der Waals surface area contributed by atoms with Gasteiger partial charge < -0.3 is 9.47 Å². The zero-order valence-electron chi connectivity index (χ0n) is 15.6. The molecule has 1 atom stereocenters. The highest BCUT2D eigenvalue weighted by atomic mass is 35.5. The monoisotopic (exact) mass is 413 g/mol. The van der Waals surface area contributed by atoms with E-state index in [4.69, 9.17) is 32.7 Å². The fourth-order valence-electron chi connectivity index (χ4n) is 3.38. The van der Waals surface area contributed by atoms with Crippen LogP contribution in [-0.4, -0.2) is 6.23 Å². The van der Waals surface area contributed by atoms with Crippen molar-refractivity contribution in [1.29, 1.82) is 0 Å². The standard InChI is InChI=1S/C23H21Cl2NO2/c1-2-3-12-23(28-22-15-16(24)13-14-17(22)25)26-18-8-4-6-10-20(18)27-21-11-7-5-9-19(21)26/h4-11,13-15,23H,2-3,12H2,1H3. The minimum Gasteiger partial charge on any atom is -0.469 e. The summed E-state index contributed by atoms with van der Waals surface area (Å²) in [5.74, 6) is 2.20. The van der Waals surface area contributed by atoms with Gasteiger partial charge in [-0.25, -0.2) is 0 Å². The molecule has 4 rings (SSSR count). The lowest BCUT2D eigenvalue weighted by molar-refractivity contribution is 0.191. The molecule has 1 unspecified atom stereocenters. The Morgan fingerprint density at radius 3 is 2.21 bits per heavy atom. The molecular weight excluding hydrogens is 393 g/mol. The first-order chi connectivity index (χ1) is 13.7. The molecule has 0 saturated heterocycles. The molecule has 1 aliphatic rings. The highest BCUT2D eigenvalue weighted by Crippen LogP contribution is 2.48. The average Bonchev–Trinajstić information content (AvgIpc) is 2.72. The van der Waals surface area contributed by atoms with Crippen molar-refractivity contribution in [2.45, 2.75) is 32.4 Å². The minimum atomic E-state index is -0.248. The molecule has 3 nitrogen and oxygen atoms in total. The van der Waals surface area contributed by atoms with Crippen molar-refractivity contribution < 1.29 is 9.47 Å². The number of hydrogen-bond acceptors (Lipinski definition) is 3. The van der Waals surface area contributed by atoms with Gasteiger partial charge >= 0.3 is 0 Å². The van der Waals surface area contributed by atoms with Crippen molar-refractivity contribution in [1.82, 2.24) is 0 Å². The van der Waals surface area contributed by atoms with Crippen LogP contribution in [0, 0.1) is 0 Å². The Bertz CT molecular complexity index is 931. The quantitative estimate of drug-likeness (QED) is 0.410. The number of unbranched alkanes of at least 4 members (excludes halogenated alkanes) is 1. The van der Waals surface area contributed by atoms with E-state index in [2.05, 4.69) is 11.8 Å². The summed E-state index contributed by atoms with van der Waals surface area (Å²) in [5, 5.41) is 1.14. The minimum absolute atomic E-state index is 0.248. The Balaban J connectivity index is 1.79. The van der Waals surface area contributed by atoms with Gasteiger partial charge in [-0.3, -0.25) is 4.90 Å². The topological polar surface area (TPSA) is 21.7 Å². The van der Waals surface area contributed by atoms with Crippen LogP contribution in [0.4, 0.5) is 11.4 Å². The predicted molar refractivity (Wildman–Crippen MR) is 116 cm³/mol. The Morgan fingerprint density at radius 2 is 1.57 bits per heavy atom. The summed E-state index contributed by atoms with van der Waals surface area (Å²) >= 11 is 12.6. The number of ether oxygens (including phenoxy) is 2. The van der Waals surface area contributed by atoms with Gasteiger partial charge in [-0.15, -0.1) is 0 Å². The van der Waals surface area contributed by atoms with Crippen LogP contribution in [-0.2, 0) is 0 Å². The Labute approximate surface area is 175 Å². The second kappa shape index (κ2) is 8.34. The van der Waals surface area contributed by atoms with Gasteiger partial charge in [-0.05, 0) is 42.8 Å². The second-order valence-corrected chi connectivity index (χ2v) is 7.54. The molecular formula is C23H21Cl2NO2. The Kier molecular flexibility index (Phi) is 5.65. The first-order valence-electron chi connectivity index (χ1n) is 9.44. The number of halogens is 2. The van der Waals surface area contributed by atoms with Gasteiger partial charge in [0, 0.05) is 17.5 Å². The summed E-state index contributed by atoms with van der Waals surface area (Å²) in [4.78, 5) is 2.20. The molecule has 0 radical (unpaired) electrons. The molecule has 144 valence electrons. The maximum atomic E-state index is 6.44. The van der Waals surface area contributed by atoms with Crippen molar-refractivity contribution in [3.05, 3.63) is 76.8 Å². The largest absolute Gasteiger partial charge is 0.469 e. The van der Waals surface area contributed by atoms with Gasteiger partial charge in [0.2, 0.25) is 0 Å². The lowest BCUT2D eigenvalue weighted by Gasteiger charge is -2.38. The van der Waals surface area contributed by atoms with Crippen LogP contribution < -0.4 is 14.4 Å². The van der Waals surface area contributed by atoms with E-state index in [0.29, 0.717) is 15.8 Å². The van der Waals surface area contributed by atoms with Gasteiger partial charge in [0.1, 0.15) is 5.75 Å². The van der Waals surface area contributed by atoms with Crippen LogP contribution in [0.3, 0.4) is 0 Å². The predicted octanol–water partition coefficient (Wildman–Crippen LogP) is 7.83.